The summed E-state index contributed by atoms with van der Waals surface area (Å²) in [5, 5.41) is 4.93. The second kappa shape index (κ2) is 7.79. The largest absolute Gasteiger partial charge is 0.489 e. The van der Waals surface area contributed by atoms with Gasteiger partial charge in [0.1, 0.15) is 12.4 Å². The highest BCUT2D eigenvalue weighted by molar-refractivity contribution is 7.09. The molecule has 24 heavy (non-hydrogen) atoms. The number of carbonyl (C=O) groups excluding carboxylic acids is 1. The van der Waals surface area contributed by atoms with E-state index in [1.807, 2.05) is 41.8 Å². The number of thiophene rings is 1. The zero-order valence-electron chi connectivity index (χ0n) is 13.5. The number of aryl methyl sites for hydroxylation is 1. The van der Waals surface area contributed by atoms with E-state index < -0.39 is 0 Å². The average molecular weight is 337 g/mol. The number of hydrogen-bond acceptors (Lipinski definition) is 3. The smallest absolute Gasteiger partial charge is 0.251 e. The van der Waals surface area contributed by atoms with Crippen LogP contribution in [-0.2, 0) is 13.2 Å². The minimum atomic E-state index is -0.0931. The first-order valence-corrected chi connectivity index (χ1v) is 8.68. The molecule has 0 aliphatic heterocycles. The summed E-state index contributed by atoms with van der Waals surface area (Å²) < 4.78 is 5.81. The summed E-state index contributed by atoms with van der Waals surface area (Å²) in [7, 11) is 0. The molecule has 0 saturated heterocycles. The molecular weight excluding hydrogens is 318 g/mol. The molecule has 0 unspecified atom stereocenters. The fourth-order valence-corrected chi connectivity index (χ4v) is 3.02. The van der Waals surface area contributed by atoms with Gasteiger partial charge in [-0.1, -0.05) is 42.0 Å². The molecule has 0 aliphatic rings. The molecule has 1 aromatic heterocycles. The van der Waals surface area contributed by atoms with Gasteiger partial charge < -0.3 is 10.1 Å². The first-order chi connectivity index (χ1) is 11.7. The molecule has 4 heteroatoms. The lowest BCUT2D eigenvalue weighted by Crippen LogP contribution is -2.22. The van der Waals surface area contributed by atoms with Crippen molar-refractivity contribution >= 4 is 17.2 Å². The topological polar surface area (TPSA) is 38.3 Å². The maximum Gasteiger partial charge on any atom is 0.251 e. The summed E-state index contributed by atoms with van der Waals surface area (Å²) >= 11 is 1.63. The van der Waals surface area contributed by atoms with Gasteiger partial charge in [0.25, 0.3) is 5.91 Å². The van der Waals surface area contributed by atoms with Crippen LogP contribution in [0.15, 0.2) is 66.0 Å². The molecular formula is C20H19NO2S. The van der Waals surface area contributed by atoms with Crippen molar-refractivity contribution in [2.24, 2.45) is 0 Å². The number of amides is 1. The monoisotopic (exact) mass is 337 g/mol. The molecule has 0 atom stereocenters. The first kappa shape index (κ1) is 16.3. The van der Waals surface area contributed by atoms with Crippen molar-refractivity contribution in [1.82, 2.24) is 5.32 Å². The molecule has 122 valence electrons. The van der Waals surface area contributed by atoms with Gasteiger partial charge in [-0.3, -0.25) is 4.79 Å². The van der Waals surface area contributed by atoms with Gasteiger partial charge in [-0.15, -0.1) is 11.3 Å². The minimum absolute atomic E-state index is 0.0931. The van der Waals surface area contributed by atoms with Crippen molar-refractivity contribution in [2.45, 2.75) is 20.1 Å². The van der Waals surface area contributed by atoms with Crippen molar-refractivity contribution in [3.8, 4) is 5.75 Å². The summed E-state index contributed by atoms with van der Waals surface area (Å²) in [6.07, 6.45) is 0. The number of ether oxygens (including phenoxy) is 1. The molecule has 0 saturated carbocycles. The van der Waals surface area contributed by atoms with E-state index in [-0.39, 0.29) is 5.91 Å². The van der Waals surface area contributed by atoms with E-state index in [9.17, 15) is 4.79 Å². The fraction of sp³-hybridized carbons (Fsp3) is 0.150. The molecule has 0 fully saturated rings. The van der Waals surface area contributed by atoms with Gasteiger partial charge >= 0.3 is 0 Å². The lowest BCUT2D eigenvalue weighted by atomic mass is 10.1. The Bertz CT molecular complexity index is 812. The molecule has 0 bridgehead atoms. The summed E-state index contributed by atoms with van der Waals surface area (Å²) in [6.45, 7) is 3.09. The minimum Gasteiger partial charge on any atom is -0.489 e. The molecule has 2 aromatic carbocycles. The summed E-state index contributed by atoms with van der Waals surface area (Å²) in [5.41, 5.74) is 2.92. The van der Waals surface area contributed by atoms with E-state index in [0.29, 0.717) is 24.5 Å². The van der Waals surface area contributed by atoms with Crippen molar-refractivity contribution in [2.75, 3.05) is 0 Å². The number of nitrogens with one attached hydrogen (secondary N) is 1. The van der Waals surface area contributed by atoms with Gasteiger partial charge in [0.2, 0.25) is 0 Å². The van der Waals surface area contributed by atoms with Gasteiger partial charge in [-0.2, -0.15) is 0 Å². The third-order valence-electron chi connectivity index (χ3n) is 3.59. The van der Waals surface area contributed by atoms with Crippen LogP contribution in [0, 0.1) is 6.92 Å². The normalized spacial score (nSPS) is 10.4. The molecule has 0 aliphatic carbocycles. The van der Waals surface area contributed by atoms with E-state index in [2.05, 4.69) is 24.4 Å². The maximum absolute atomic E-state index is 12.2. The van der Waals surface area contributed by atoms with Crippen LogP contribution in [0.3, 0.4) is 0 Å². The Labute approximate surface area is 145 Å². The Balaban J connectivity index is 1.60. The molecule has 3 aromatic rings. The van der Waals surface area contributed by atoms with E-state index in [0.717, 1.165) is 10.4 Å². The Morgan fingerprint density at radius 3 is 2.75 bits per heavy atom. The van der Waals surface area contributed by atoms with E-state index in [4.69, 9.17) is 4.74 Å². The number of benzene rings is 2. The van der Waals surface area contributed by atoms with Crippen molar-refractivity contribution in [1.29, 1.82) is 0 Å². The SMILES string of the molecule is Cc1cccc(COc2cccc(C(=O)NCc3cccs3)c2)c1. The second-order valence-corrected chi connectivity index (χ2v) is 6.60. The van der Waals surface area contributed by atoms with E-state index in [1.54, 1.807) is 23.5 Å². The summed E-state index contributed by atoms with van der Waals surface area (Å²) in [6, 6.07) is 19.5. The zero-order valence-corrected chi connectivity index (χ0v) is 14.3. The zero-order chi connectivity index (χ0) is 16.8. The molecule has 0 spiro atoms. The highest BCUT2D eigenvalue weighted by Gasteiger charge is 2.07. The average Bonchev–Trinajstić information content (AvgIpc) is 3.12. The second-order valence-electron chi connectivity index (χ2n) is 5.57. The lowest BCUT2D eigenvalue weighted by Gasteiger charge is -2.09. The van der Waals surface area contributed by atoms with Crippen LogP contribution in [0.2, 0.25) is 0 Å². The summed E-state index contributed by atoms with van der Waals surface area (Å²) in [5.74, 6) is 0.602. The maximum atomic E-state index is 12.2. The molecule has 0 radical (unpaired) electrons. The third kappa shape index (κ3) is 4.46. The highest BCUT2D eigenvalue weighted by atomic mass is 32.1. The third-order valence-corrected chi connectivity index (χ3v) is 4.46. The van der Waals surface area contributed by atoms with Crippen molar-refractivity contribution in [3.05, 3.63) is 87.6 Å². The molecule has 3 nitrogen and oxygen atoms in total. The van der Waals surface area contributed by atoms with Gasteiger partial charge in [0.05, 0.1) is 6.54 Å². The number of carbonyl (C=O) groups is 1. The first-order valence-electron chi connectivity index (χ1n) is 7.80. The fourth-order valence-electron chi connectivity index (χ4n) is 2.38. The van der Waals surface area contributed by atoms with Crippen molar-refractivity contribution in [3.63, 3.8) is 0 Å². The van der Waals surface area contributed by atoms with Gasteiger partial charge in [-0.25, -0.2) is 0 Å². The van der Waals surface area contributed by atoms with Crippen LogP contribution in [0.5, 0.6) is 5.75 Å². The highest BCUT2D eigenvalue weighted by Crippen LogP contribution is 2.16. The van der Waals surface area contributed by atoms with Gasteiger partial charge in [-0.05, 0) is 42.1 Å². The lowest BCUT2D eigenvalue weighted by molar-refractivity contribution is 0.0951. The standard InChI is InChI=1S/C20H19NO2S/c1-15-5-2-6-16(11-15)14-23-18-8-3-7-17(12-18)20(22)21-13-19-9-4-10-24-19/h2-12H,13-14H2,1H3,(H,21,22). The number of rotatable bonds is 6. The van der Waals surface area contributed by atoms with Crippen LogP contribution in [-0.4, -0.2) is 5.91 Å². The Morgan fingerprint density at radius 1 is 1.08 bits per heavy atom. The molecule has 1 amide bonds. The van der Waals surface area contributed by atoms with Crippen LogP contribution in [0.25, 0.3) is 0 Å². The predicted molar refractivity (Wildman–Crippen MR) is 97.4 cm³/mol. The quantitative estimate of drug-likeness (QED) is 0.716. The predicted octanol–water partition coefficient (Wildman–Crippen LogP) is 4.57. The summed E-state index contributed by atoms with van der Waals surface area (Å²) in [4.78, 5) is 13.4. The number of hydrogen-bond donors (Lipinski definition) is 1. The van der Waals surface area contributed by atoms with Crippen LogP contribution in [0.1, 0.15) is 26.4 Å². The van der Waals surface area contributed by atoms with Crippen LogP contribution < -0.4 is 10.1 Å². The molecule has 3 rings (SSSR count). The Morgan fingerprint density at radius 2 is 1.96 bits per heavy atom. The van der Waals surface area contributed by atoms with E-state index in [1.165, 1.54) is 5.56 Å². The molecule has 1 heterocycles. The van der Waals surface area contributed by atoms with Crippen LogP contribution in [0.4, 0.5) is 0 Å². The Hall–Kier alpha value is -2.59. The van der Waals surface area contributed by atoms with Gasteiger partial charge in [0, 0.05) is 10.4 Å². The van der Waals surface area contributed by atoms with Gasteiger partial charge in [0.15, 0.2) is 0 Å². The van der Waals surface area contributed by atoms with E-state index >= 15 is 0 Å². The van der Waals surface area contributed by atoms with Crippen molar-refractivity contribution < 1.29 is 9.53 Å². The van der Waals surface area contributed by atoms with Crippen LogP contribution >= 0.6 is 11.3 Å². The molecule has 1 N–H and O–H groups in total. The Kier molecular flexibility index (Phi) is 5.29.